The van der Waals surface area contributed by atoms with Gasteiger partial charge in [-0.3, -0.25) is 9.58 Å². The molecule has 2 rings (SSSR count). The number of nitrogens with zero attached hydrogens (tertiary/aromatic N) is 3. The standard InChI is InChI=1S/C13H24N4/c1-11(2)14-12-5-4-7-17(9-12)10-13-6-8-16(3)15-13/h6,8,11-12,14H,4-5,7,9-10H2,1-3H3. The molecule has 1 N–H and O–H groups in total. The second-order valence-electron chi connectivity index (χ2n) is 5.38. The van der Waals surface area contributed by atoms with Crippen LogP contribution in [0.15, 0.2) is 12.3 Å². The fourth-order valence-corrected chi connectivity index (χ4v) is 2.58. The highest BCUT2D eigenvalue weighted by atomic mass is 15.3. The molecule has 0 radical (unpaired) electrons. The molecule has 0 aliphatic carbocycles. The summed E-state index contributed by atoms with van der Waals surface area (Å²) in [6.07, 6.45) is 4.61. The first kappa shape index (κ1) is 12.6. The molecule has 1 aliphatic heterocycles. The molecule has 2 heterocycles. The van der Waals surface area contributed by atoms with E-state index in [1.54, 1.807) is 0 Å². The average Bonchev–Trinajstić information content (AvgIpc) is 2.63. The molecule has 1 fully saturated rings. The topological polar surface area (TPSA) is 33.1 Å². The van der Waals surface area contributed by atoms with Crippen LogP contribution in [0.2, 0.25) is 0 Å². The molecule has 0 saturated carbocycles. The van der Waals surface area contributed by atoms with Gasteiger partial charge in [-0.2, -0.15) is 5.10 Å². The highest BCUT2D eigenvalue weighted by Crippen LogP contribution is 2.13. The number of aromatic nitrogens is 2. The van der Waals surface area contributed by atoms with E-state index in [0.717, 1.165) is 13.1 Å². The van der Waals surface area contributed by atoms with Crippen LogP contribution in [0.3, 0.4) is 0 Å². The van der Waals surface area contributed by atoms with Crippen molar-refractivity contribution in [3.63, 3.8) is 0 Å². The smallest absolute Gasteiger partial charge is 0.0764 e. The summed E-state index contributed by atoms with van der Waals surface area (Å²) in [7, 11) is 1.98. The predicted molar refractivity (Wildman–Crippen MR) is 69.8 cm³/mol. The van der Waals surface area contributed by atoms with Gasteiger partial charge in [0.1, 0.15) is 0 Å². The number of piperidine rings is 1. The predicted octanol–water partition coefficient (Wildman–Crippen LogP) is 1.38. The summed E-state index contributed by atoms with van der Waals surface area (Å²) in [6, 6.07) is 3.33. The minimum Gasteiger partial charge on any atom is -0.311 e. The summed E-state index contributed by atoms with van der Waals surface area (Å²) in [6.45, 7) is 7.77. The van der Waals surface area contributed by atoms with Gasteiger partial charge in [0.05, 0.1) is 5.69 Å². The molecular weight excluding hydrogens is 212 g/mol. The minimum absolute atomic E-state index is 0.579. The normalized spacial score (nSPS) is 22.2. The molecule has 0 bridgehead atoms. The second kappa shape index (κ2) is 5.65. The lowest BCUT2D eigenvalue weighted by Crippen LogP contribution is -2.47. The van der Waals surface area contributed by atoms with E-state index in [0.29, 0.717) is 12.1 Å². The van der Waals surface area contributed by atoms with Crippen molar-refractivity contribution >= 4 is 0 Å². The van der Waals surface area contributed by atoms with Gasteiger partial charge in [0, 0.05) is 38.4 Å². The number of hydrogen-bond donors (Lipinski definition) is 1. The van der Waals surface area contributed by atoms with E-state index >= 15 is 0 Å². The molecule has 1 aromatic rings. The molecule has 0 amide bonds. The second-order valence-corrected chi connectivity index (χ2v) is 5.38. The fraction of sp³-hybridized carbons (Fsp3) is 0.769. The van der Waals surface area contributed by atoms with Gasteiger partial charge >= 0.3 is 0 Å². The first-order valence-electron chi connectivity index (χ1n) is 6.60. The van der Waals surface area contributed by atoms with Gasteiger partial charge in [-0.15, -0.1) is 0 Å². The van der Waals surface area contributed by atoms with Gasteiger partial charge in [-0.25, -0.2) is 0 Å². The zero-order valence-corrected chi connectivity index (χ0v) is 11.2. The Bertz CT molecular complexity index is 345. The van der Waals surface area contributed by atoms with Crippen molar-refractivity contribution in [3.8, 4) is 0 Å². The van der Waals surface area contributed by atoms with E-state index < -0.39 is 0 Å². The third-order valence-electron chi connectivity index (χ3n) is 3.23. The molecular formula is C13H24N4. The average molecular weight is 236 g/mol. The van der Waals surface area contributed by atoms with Crippen LogP contribution in [0.1, 0.15) is 32.4 Å². The Labute approximate surface area is 104 Å². The van der Waals surface area contributed by atoms with Crippen LogP contribution in [-0.2, 0) is 13.6 Å². The molecule has 1 saturated heterocycles. The zero-order valence-electron chi connectivity index (χ0n) is 11.2. The summed E-state index contributed by atoms with van der Waals surface area (Å²) >= 11 is 0. The van der Waals surface area contributed by atoms with Crippen LogP contribution in [0, 0.1) is 0 Å². The molecule has 0 spiro atoms. The van der Waals surface area contributed by atoms with Crippen molar-refractivity contribution in [1.29, 1.82) is 0 Å². The Morgan fingerprint density at radius 1 is 1.53 bits per heavy atom. The Balaban J connectivity index is 1.85. The first-order valence-corrected chi connectivity index (χ1v) is 6.60. The Morgan fingerprint density at radius 2 is 2.35 bits per heavy atom. The maximum Gasteiger partial charge on any atom is 0.0764 e. The van der Waals surface area contributed by atoms with Crippen molar-refractivity contribution in [2.24, 2.45) is 7.05 Å². The molecule has 96 valence electrons. The van der Waals surface area contributed by atoms with Crippen molar-refractivity contribution in [3.05, 3.63) is 18.0 Å². The van der Waals surface area contributed by atoms with Gasteiger partial charge in [0.2, 0.25) is 0 Å². The molecule has 0 aromatic carbocycles. The lowest BCUT2D eigenvalue weighted by atomic mass is 10.0. The molecule has 1 aromatic heterocycles. The highest BCUT2D eigenvalue weighted by Gasteiger charge is 2.20. The minimum atomic E-state index is 0.579. The number of hydrogen-bond acceptors (Lipinski definition) is 3. The van der Waals surface area contributed by atoms with E-state index in [4.69, 9.17) is 0 Å². The molecule has 1 aliphatic rings. The highest BCUT2D eigenvalue weighted by molar-refractivity contribution is 4.99. The third kappa shape index (κ3) is 3.82. The molecule has 1 unspecified atom stereocenters. The molecule has 1 atom stereocenters. The largest absolute Gasteiger partial charge is 0.311 e. The van der Waals surface area contributed by atoms with Crippen molar-refractivity contribution in [1.82, 2.24) is 20.0 Å². The molecule has 4 heteroatoms. The summed E-state index contributed by atoms with van der Waals surface area (Å²) < 4.78 is 1.88. The van der Waals surface area contributed by atoms with Gasteiger partial charge in [-0.1, -0.05) is 13.8 Å². The third-order valence-corrected chi connectivity index (χ3v) is 3.23. The van der Waals surface area contributed by atoms with Crippen molar-refractivity contribution < 1.29 is 0 Å². The quantitative estimate of drug-likeness (QED) is 0.857. The van der Waals surface area contributed by atoms with Crippen molar-refractivity contribution in [2.75, 3.05) is 13.1 Å². The maximum absolute atomic E-state index is 4.45. The van der Waals surface area contributed by atoms with E-state index in [2.05, 4.69) is 35.2 Å². The van der Waals surface area contributed by atoms with Gasteiger partial charge in [-0.05, 0) is 25.5 Å². The van der Waals surface area contributed by atoms with Gasteiger partial charge < -0.3 is 5.32 Å². The SMILES string of the molecule is CC(C)NC1CCCN(Cc2ccn(C)n2)C1. The van der Waals surface area contributed by atoms with E-state index in [9.17, 15) is 0 Å². The lowest BCUT2D eigenvalue weighted by molar-refractivity contribution is 0.176. The Morgan fingerprint density at radius 3 is 3.00 bits per heavy atom. The summed E-state index contributed by atoms with van der Waals surface area (Å²) in [5, 5.41) is 8.08. The van der Waals surface area contributed by atoms with Crippen LogP contribution in [0.4, 0.5) is 0 Å². The molecule has 4 nitrogen and oxygen atoms in total. The van der Waals surface area contributed by atoms with Crippen LogP contribution >= 0.6 is 0 Å². The Kier molecular flexibility index (Phi) is 4.18. The zero-order chi connectivity index (χ0) is 12.3. The van der Waals surface area contributed by atoms with E-state index in [1.807, 2.05) is 17.9 Å². The summed E-state index contributed by atoms with van der Waals surface area (Å²) in [4.78, 5) is 2.51. The van der Waals surface area contributed by atoms with Crippen LogP contribution in [-0.4, -0.2) is 39.9 Å². The first-order chi connectivity index (χ1) is 8.13. The number of likely N-dealkylation sites (tertiary alicyclic amines) is 1. The Hall–Kier alpha value is -0.870. The van der Waals surface area contributed by atoms with Gasteiger partial charge in [0.25, 0.3) is 0 Å². The van der Waals surface area contributed by atoms with E-state index in [1.165, 1.54) is 25.1 Å². The fourth-order valence-electron chi connectivity index (χ4n) is 2.58. The van der Waals surface area contributed by atoms with Crippen LogP contribution < -0.4 is 5.32 Å². The molecule has 17 heavy (non-hydrogen) atoms. The van der Waals surface area contributed by atoms with Gasteiger partial charge in [0.15, 0.2) is 0 Å². The number of aryl methyl sites for hydroxylation is 1. The summed E-state index contributed by atoms with van der Waals surface area (Å²) in [5.74, 6) is 0. The van der Waals surface area contributed by atoms with Crippen molar-refractivity contribution in [2.45, 2.75) is 45.3 Å². The monoisotopic (exact) mass is 236 g/mol. The van der Waals surface area contributed by atoms with E-state index in [-0.39, 0.29) is 0 Å². The van der Waals surface area contributed by atoms with Crippen LogP contribution in [0.25, 0.3) is 0 Å². The summed E-state index contributed by atoms with van der Waals surface area (Å²) in [5.41, 5.74) is 1.18. The lowest BCUT2D eigenvalue weighted by Gasteiger charge is -2.33. The number of rotatable bonds is 4. The van der Waals surface area contributed by atoms with Crippen LogP contribution in [0.5, 0.6) is 0 Å². The maximum atomic E-state index is 4.45. The number of nitrogens with one attached hydrogen (secondary N) is 1.